The Balaban J connectivity index is 2.24. The molecule has 0 saturated heterocycles. The van der Waals surface area contributed by atoms with Crippen LogP contribution in [-0.2, 0) is 16.1 Å². The fraction of sp³-hybridized carbons (Fsp3) is 0.389. The number of nitrogen functional groups attached to an aromatic ring is 1. The molecule has 2 heterocycles. The first kappa shape index (κ1) is 20.9. The van der Waals surface area contributed by atoms with Crippen molar-refractivity contribution in [2.75, 3.05) is 23.8 Å². The van der Waals surface area contributed by atoms with Crippen molar-refractivity contribution in [1.29, 1.82) is 0 Å². The quantitative estimate of drug-likeness (QED) is 0.627. The molecule has 150 valence electrons. The van der Waals surface area contributed by atoms with E-state index in [1.54, 1.807) is 6.92 Å². The molecule has 0 unspecified atom stereocenters. The van der Waals surface area contributed by atoms with Crippen LogP contribution in [0.4, 0.5) is 11.5 Å². The number of likely N-dealkylation sites (N-methyl/N-ethyl adjacent to an activating group) is 1. The van der Waals surface area contributed by atoms with Gasteiger partial charge in [-0.2, -0.15) is 0 Å². The van der Waals surface area contributed by atoms with Crippen LogP contribution in [0.1, 0.15) is 37.0 Å². The van der Waals surface area contributed by atoms with Gasteiger partial charge < -0.3 is 15.4 Å². The fourth-order valence-corrected chi connectivity index (χ4v) is 2.61. The Morgan fingerprint density at radius 2 is 1.93 bits per heavy atom. The molecule has 3 N–H and O–H groups in total. The molecule has 0 spiro atoms. The molecule has 0 aliphatic heterocycles. The number of unbranched alkanes of at least 4 members (excludes halogenated alkanes) is 1. The molecule has 0 aliphatic rings. The van der Waals surface area contributed by atoms with Crippen LogP contribution in [0.25, 0.3) is 0 Å². The molecule has 2 aromatic heterocycles. The molecule has 28 heavy (non-hydrogen) atoms. The number of nitrogens with one attached hydrogen (secondary N) is 1. The SMILES string of the molecule is CCCCn1c(N)c(N(CC)C(=O)COC(=O)c2ccncc2)c(=O)[nH]c1=O. The summed E-state index contributed by atoms with van der Waals surface area (Å²) < 4.78 is 6.23. The van der Waals surface area contributed by atoms with E-state index < -0.39 is 29.7 Å². The smallest absolute Gasteiger partial charge is 0.338 e. The summed E-state index contributed by atoms with van der Waals surface area (Å²) in [5.41, 5.74) is 4.73. The molecular weight excluding hydrogens is 366 g/mol. The predicted molar refractivity (Wildman–Crippen MR) is 103 cm³/mol. The largest absolute Gasteiger partial charge is 0.452 e. The predicted octanol–water partition coefficient (Wildman–Crippen LogP) is 0.524. The Bertz CT molecular complexity index is 951. The lowest BCUT2D eigenvalue weighted by Gasteiger charge is -2.23. The molecule has 2 rings (SSSR count). The molecule has 2 aromatic rings. The summed E-state index contributed by atoms with van der Waals surface area (Å²) in [5, 5.41) is 0. The van der Waals surface area contributed by atoms with Gasteiger partial charge in [0, 0.05) is 25.5 Å². The van der Waals surface area contributed by atoms with Crippen molar-refractivity contribution in [3.8, 4) is 0 Å². The minimum absolute atomic E-state index is 0.0992. The monoisotopic (exact) mass is 389 g/mol. The van der Waals surface area contributed by atoms with Crippen LogP contribution in [0.5, 0.6) is 0 Å². The zero-order valence-electron chi connectivity index (χ0n) is 15.8. The number of anilines is 2. The number of amides is 1. The highest BCUT2D eigenvalue weighted by Gasteiger charge is 2.24. The van der Waals surface area contributed by atoms with Gasteiger partial charge in [0.2, 0.25) is 0 Å². The van der Waals surface area contributed by atoms with E-state index in [0.29, 0.717) is 13.0 Å². The molecule has 1 amide bonds. The number of hydrogen-bond donors (Lipinski definition) is 2. The van der Waals surface area contributed by atoms with Gasteiger partial charge in [-0.1, -0.05) is 13.3 Å². The van der Waals surface area contributed by atoms with Crippen molar-refractivity contribution < 1.29 is 14.3 Å². The van der Waals surface area contributed by atoms with Crippen molar-refractivity contribution in [2.24, 2.45) is 0 Å². The van der Waals surface area contributed by atoms with Gasteiger partial charge in [-0.15, -0.1) is 0 Å². The van der Waals surface area contributed by atoms with Gasteiger partial charge in [-0.3, -0.25) is 24.1 Å². The highest BCUT2D eigenvalue weighted by atomic mass is 16.5. The van der Waals surface area contributed by atoms with Crippen LogP contribution in [0, 0.1) is 0 Å². The van der Waals surface area contributed by atoms with Gasteiger partial charge in [-0.05, 0) is 25.5 Å². The van der Waals surface area contributed by atoms with Crippen molar-refractivity contribution in [3.05, 3.63) is 50.9 Å². The summed E-state index contributed by atoms with van der Waals surface area (Å²) in [6, 6.07) is 2.91. The second-order valence-electron chi connectivity index (χ2n) is 5.95. The third-order valence-electron chi connectivity index (χ3n) is 4.08. The second kappa shape index (κ2) is 9.49. The molecule has 0 saturated carbocycles. The van der Waals surface area contributed by atoms with Gasteiger partial charge in [0.15, 0.2) is 12.3 Å². The number of ether oxygens (including phenoxy) is 1. The molecule has 0 bridgehead atoms. The molecular formula is C18H23N5O5. The fourth-order valence-electron chi connectivity index (χ4n) is 2.61. The number of esters is 1. The topological polar surface area (TPSA) is 140 Å². The Labute approximate surface area is 161 Å². The molecule has 0 aromatic carbocycles. The summed E-state index contributed by atoms with van der Waals surface area (Å²) in [6.07, 6.45) is 4.36. The maximum Gasteiger partial charge on any atom is 0.338 e. The van der Waals surface area contributed by atoms with E-state index in [-0.39, 0.29) is 23.6 Å². The molecule has 0 atom stereocenters. The number of carbonyl (C=O) groups is 2. The van der Waals surface area contributed by atoms with E-state index in [2.05, 4.69) is 9.97 Å². The minimum atomic E-state index is -0.772. The highest BCUT2D eigenvalue weighted by Crippen LogP contribution is 2.17. The third-order valence-corrected chi connectivity index (χ3v) is 4.08. The summed E-state index contributed by atoms with van der Waals surface area (Å²) in [6.45, 7) is 3.43. The first-order chi connectivity index (χ1) is 13.4. The Morgan fingerprint density at radius 3 is 2.54 bits per heavy atom. The Hall–Kier alpha value is -3.43. The number of nitrogens with two attached hydrogens (primary N) is 1. The Kier molecular flexibility index (Phi) is 7.08. The van der Waals surface area contributed by atoms with Crippen LogP contribution in [0.3, 0.4) is 0 Å². The van der Waals surface area contributed by atoms with Crippen molar-refractivity contribution >= 4 is 23.4 Å². The van der Waals surface area contributed by atoms with E-state index in [9.17, 15) is 19.2 Å². The van der Waals surface area contributed by atoms with Crippen LogP contribution in [0.2, 0.25) is 0 Å². The van der Waals surface area contributed by atoms with E-state index in [1.165, 1.54) is 29.1 Å². The van der Waals surface area contributed by atoms with Crippen molar-refractivity contribution in [2.45, 2.75) is 33.2 Å². The summed E-state index contributed by atoms with van der Waals surface area (Å²) in [7, 11) is 0. The molecule has 0 fully saturated rings. The van der Waals surface area contributed by atoms with Gasteiger partial charge >= 0.3 is 11.7 Å². The summed E-state index contributed by atoms with van der Waals surface area (Å²) >= 11 is 0. The lowest BCUT2D eigenvalue weighted by atomic mass is 10.3. The van der Waals surface area contributed by atoms with E-state index in [0.717, 1.165) is 11.3 Å². The standard InChI is InChI=1S/C18H23N5O5/c1-3-5-10-23-15(19)14(16(25)21-18(23)27)22(4-2)13(24)11-28-17(26)12-6-8-20-9-7-12/h6-9H,3-5,10-11,19H2,1-2H3,(H,21,25,27). The van der Waals surface area contributed by atoms with Crippen LogP contribution in [0.15, 0.2) is 34.1 Å². The molecule has 0 radical (unpaired) electrons. The number of H-pyrrole nitrogens is 1. The molecule has 10 heteroatoms. The lowest BCUT2D eigenvalue weighted by molar-refractivity contribution is -0.121. The number of pyridine rings is 1. The van der Waals surface area contributed by atoms with E-state index in [4.69, 9.17) is 10.5 Å². The molecule has 10 nitrogen and oxygen atoms in total. The number of aromatic nitrogens is 3. The number of nitrogens with zero attached hydrogens (tertiary/aromatic N) is 3. The second-order valence-corrected chi connectivity index (χ2v) is 5.95. The number of rotatable bonds is 8. The van der Waals surface area contributed by atoms with Crippen LogP contribution in [-0.4, -0.2) is 39.6 Å². The third kappa shape index (κ3) is 4.64. The maximum absolute atomic E-state index is 12.6. The zero-order chi connectivity index (χ0) is 20.7. The number of aromatic amines is 1. The van der Waals surface area contributed by atoms with Gasteiger partial charge in [0.1, 0.15) is 5.82 Å². The first-order valence-corrected chi connectivity index (χ1v) is 8.90. The lowest BCUT2D eigenvalue weighted by Crippen LogP contribution is -2.42. The average molecular weight is 389 g/mol. The molecule has 0 aliphatic carbocycles. The summed E-state index contributed by atoms with van der Waals surface area (Å²) in [5.74, 6) is -1.43. The van der Waals surface area contributed by atoms with E-state index in [1.807, 2.05) is 6.92 Å². The van der Waals surface area contributed by atoms with Gasteiger partial charge in [-0.25, -0.2) is 9.59 Å². The van der Waals surface area contributed by atoms with Crippen molar-refractivity contribution in [3.63, 3.8) is 0 Å². The summed E-state index contributed by atoms with van der Waals surface area (Å²) in [4.78, 5) is 55.9. The van der Waals surface area contributed by atoms with Gasteiger partial charge in [0.05, 0.1) is 5.56 Å². The van der Waals surface area contributed by atoms with Gasteiger partial charge in [0.25, 0.3) is 11.5 Å². The maximum atomic E-state index is 12.6. The Morgan fingerprint density at radius 1 is 1.25 bits per heavy atom. The average Bonchev–Trinajstić information content (AvgIpc) is 2.69. The first-order valence-electron chi connectivity index (χ1n) is 8.90. The highest BCUT2D eigenvalue weighted by molar-refractivity contribution is 5.98. The number of carbonyl (C=O) groups excluding carboxylic acids is 2. The van der Waals surface area contributed by atoms with Crippen LogP contribution >= 0.6 is 0 Å². The number of hydrogen-bond acceptors (Lipinski definition) is 7. The minimum Gasteiger partial charge on any atom is -0.452 e. The van der Waals surface area contributed by atoms with Crippen molar-refractivity contribution in [1.82, 2.24) is 14.5 Å². The van der Waals surface area contributed by atoms with E-state index >= 15 is 0 Å². The zero-order valence-corrected chi connectivity index (χ0v) is 15.8. The normalized spacial score (nSPS) is 10.5. The van der Waals surface area contributed by atoms with Crippen LogP contribution < -0.4 is 21.9 Å².